The molecule has 4 aromatic rings. The van der Waals surface area contributed by atoms with Crippen LogP contribution in [-0.2, 0) is 22.7 Å². The summed E-state index contributed by atoms with van der Waals surface area (Å²) in [6.45, 7) is 3.48. The molecule has 7 nitrogen and oxygen atoms in total. The summed E-state index contributed by atoms with van der Waals surface area (Å²) in [6, 6.07) is 23.7. The summed E-state index contributed by atoms with van der Waals surface area (Å²) in [4.78, 5) is 31.9. The molecule has 0 saturated carbocycles. The first kappa shape index (κ1) is 25.0. The lowest BCUT2D eigenvalue weighted by Crippen LogP contribution is -2.31. The van der Waals surface area contributed by atoms with E-state index in [-0.39, 0.29) is 11.3 Å². The number of nitrogens with zero attached hydrogens (tertiary/aromatic N) is 3. The number of aliphatic hydroxyl groups excluding tert-OH is 1. The van der Waals surface area contributed by atoms with Gasteiger partial charge in [-0.25, -0.2) is 4.98 Å². The molecule has 1 aromatic heterocycles. The van der Waals surface area contributed by atoms with Gasteiger partial charge in [-0.1, -0.05) is 60.2 Å². The Morgan fingerprint density at radius 3 is 2.47 bits per heavy atom. The highest BCUT2D eigenvalue weighted by Crippen LogP contribution is 2.39. The summed E-state index contributed by atoms with van der Waals surface area (Å²) in [5.41, 5.74) is 3.54. The number of imidazole rings is 1. The van der Waals surface area contributed by atoms with Crippen LogP contribution in [0.2, 0.25) is 0 Å². The van der Waals surface area contributed by atoms with Crippen molar-refractivity contribution in [3.05, 3.63) is 125 Å². The number of hydrogen-bond acceptors (Lipinski definition) is 5. The summed E-state index contributed by atoms with van der Waals surface area (Å²) in [7, 11) is 0. The van der Waals surface area contributed by atoms with Crippen molar-refractivity contribution in [2.45, 2.75) is 32.5 Å². The quantitative estimate of drug-likeness (QED) is 0.189. The number of aliphatic hydroxyl groups is 1. The van der Waals surface area contributed by atoms with Crippen LogP contribution in [0.3, 0.4) is 0 Å². The maximum absolute atomic E-state index is 13.2. The minimum Gasteiger partial charge on any atom is -0.507 e. The normalized spacial score (nSPS) is 16.7. The molecular weight excluding hydrogens is 478 g/mol. The Kier molecular flexibility index (Phi) is 7.35. The number of carbonyl (C=O) groups is 2. The third kappa shape index (κ3) is 5.37. The summed E-state index contributed by atoms with van der Waals surface area (Å²) >= 11 is 0. The second-order valence-corrected chi connectivity index (χ2v) is 9.36. The number of aromatic nitrogens is 2. The smallest absolute Gasteiger partial charge is 0.295 e. The molecule has 1 aliphatic rings. The van der Waals surface area contributed by atoms with E-state index in [2.05, 4.69) is 11.1 Å². The van der Waals surface area contributed by atoms with Gasteiger partial charge >= 0.3 is 0 Å². The van der Waals surface area contributed by atoms with Gasteiger partial charge in [-0.05, 0) is 48.7 Å². The van der Waals surface area contributed by atoms with E-state index >= 15 is 0 Å². The van der Waals surface area contributed by atoms with Crippen molar-refractivity contribution in [1.82, 2.24) is 14.5 Å². The predicted molar refractivity (Wildman–Crippen MR) is 144 cm³/mol. The molecule has 192 valence electrons. The molecule has 3 aromatic carbocycles. The van der Waals surface area contributed by atoms with Crippen molar-refractivity contribution in [3.63, 3.8) is 0 Å². The van der Waals surface area contributed by atoms with Gasteiger partial charge < -0.3 is 19.3 Å². The molecule has 1 saturated heterocycles. The first-order chi connectivity index (χ1) is 18.5. The van der Waals surface area contributed by atoms with Crippen molar-refractivity contribution in [3.8, 4) is 5.75 Å². The second-order valence-electron chi connectivity index (χ2n) is 9.36. The third-order valence-electron chi connectivity index (χ3n) is 6.65. The Morgan fingerprint density at radius 1 is 0.974 bits per heavy atom. The largest absolute Gasteiger partial charge is 0.507 e. The van der Waals surface area contributed by atoms with Crippen LogP contribution >= 0.6 is 0 Å². The lowest BCUT2D eigenvalue weighted by Gasteiger charge is -2.25. The van der Waals surface area contributed by atoms with Crippen molar-refractivity contribution >= 4 is 17.4 Å². The molecule has 1 N–H and O–H groups in total. The van der Waals surface area contributed by atoms with Crippen molar-refractivity contribution in [2.75, 3.05) is 6.54 Å². The van der Waals surface area contributed by atoms with Gasteiger partial charge in [-0.3, -0.25) is 9.59 Å². The van der Waals surface area contributed by atoms with Gasteiger partial charge in [0.05, 0.1) is 17.9 Å². The molecule has 0 radical (unpaired) electrons. The van der Waals surface area contributed by atoms with Gasteiger partial charge in [-0.15, -0.1) is 0 Å². The van der Waals surface area contributed by atoms with Gasteiger partial charge in [0.1, 0.15) is 18.1 Å². The van der Waals surface area contributed by atoms with Gasteiger partial charge in [0.2, 0.25) is 0 Å². The number of aryl methyl sites for hydroxylation is 2. The van der Waals surface area contributed by atoms with E-state index in [1.165, 1.54) is 0 Å². The number of ketones is 1. The second kappa shape index (κ2) is 11.2. The monoisotopic (exact) mass is 507 g/mol. The molecule has 38 heavy (non-hydrogen) atoms. The van der Waals surface area contributed by atoms with Crippen molar-refractivity contribution in [1.29, 1.82) is 0 Å². The van der Waals surface area contributed by atoms with E-state index < -0.39 is 17.7 Å². The first-order valence-corrected chi connectivity index (χ1v) is 12.6. The summed E-state index contributed by atoms with van der Waals surface area (Å²) in [5.74, 6) is -0.843. The highest BCUT2D eigenvalue weighted by atomic mass is 16.5. The predicted octanol–water partition coefficient (Wildman–Crippen LogP) is 5.28. The van der Waals surface area contributed by atoms with Crippen LogP contribution in [0, 0.1) is 6.92 Å². The maximum atomic E-state index is 13.2. The van der Waals surface area contributed by atoms with Crippen LogP contribution in [-0.4, -0.2) is 37.8 Å². The Labute approximate surface area is 221 Å². The molecule has 0 unspecified atom stereocenters. The number of likely N-dealkylation sites (tertiary alicyclic amines) is 1. The lowest BCUT2D eigenvalue weighted by atomic mass is 9.95. The Balaban J connectivity index is 1.39. The van der Waals surface area contributed by atoms with Crippen molar-refractivity contribution < 1.29 is 19.4 Å². The molecular formula is C31H29N3O4. The number of rotatable bonds is 9. The topological polar surface area (TPSA) is 84.7 Å². The summed E-state index contributed by atoms with van der Waals surface area (Å²) in [5, 5.41) is 11.3. The van der Waals surface area contributed by atoms with Gasteiger partial charge in [0.15, 0.2) is 0 Å². The third-order valence-corrected chi connectivity index (χ3v) is 6.65. The van der Waals surface area contributed by atoms with E-state index in [4.69, 9.17) is 4.74 Å². The van der Waals surface area contributed by atoms with Crippen LogP contribution in [0.4, 0.5) is 0 Å². The SMILES string of the molecule is Cc1cccc(COc2ccc(/C(O)=C3\C(=O)C(=O)N(CCCn4ccnc4)[C@H]3c3ccccc3)cc2)c1. The molecule has 1 amide bonds. The Hall–Kier alpha value is -4.65. The van der Waals surface area contributed by atoms with Crippen LogP contribution in [0.1, 0.15) is 34.7 Å². The molecule has 1 fully saturated rings. The van der Waals surface area contributed by atoms with Gasteiger partial charge in [0, 0.05) is 31.0 Å². The van der Waals surface area contributed by atoms with Crippen LogP contribution in [0.5, 0.6) is 5.75 Å². The molecule has 2 heterocycles. The fourth-order valence-electron chi connectivity index (χ4n) is 4.77. The number of amides is 1. The van der Waals surface area contributed by atoms with Crippen LogP contribution < -0.4 is 4.74 Å². The standard InChI is InChI=1S/C31H29N3O4/c1-22-7-5-8-23(19-22)20-38-26-13-11-25(12-14-26)29(35)27-28(24-9-3-2-4-10-24)34(31(37)30(27)36)17-6-16-33-18-15-32-21-33/h2-5,7-15,18-19,21,28,35H,6,16-17,20H2,1H3/b29-27+/t28-/m0/s1. The molecule has 1 aliphatic heterocycles. The average Bonchev–Trinajstić information content (AvgIpc) is 3.55. The lowest BCUT2D eigenvalue weighted by molar-refractivity contribution is -0.139. The van der Waals surface area contributed by atoms with E-state index in [0.29, 0.717) is 37.4 Å². The number of benzene rings is 3. The van der Waals surface area contributed by atoms with Crippen molar-refractivity contribution in [2.24, 2.45) is 0 Å². The van der Waals surface area contributed by atoms with Crippen LogP contribution in [0.25, 0.3) is 5.76 Å². The fraction of sp³-hybridized carbons (Fsp3) is 0.194. The van der Waals surface area contributed by atoms with E-state index in [0.717, 1.165) is 16.7 Å². The fourth-order valence-corrected chi connectivity index (χ4v) is 4.77. The summed E-state index contributed by atoms with van der Waals surface area (Å²) < 4.78 is 7.82. The molecule has 0 bridgehead atoms. The molecule has 1 atom stereocenters. The van der Waals surface area contributed by atoms with E-state index in [1.54, 1.807) is 41.7 Å². The highest BCUT2D eigenvalue weighted by molar-refractivity contribution is 6.46. The molecule has 5 rings (SSSR count). The molecule has 0 spiro atoms. The maximum Gasteiger partial charge on any atom is 0.295 e. The Morgan fingerprint density at radius 2 is 1.76 bits per heavy atom. The number of hydrogen-bond donors (Lipinski definition) is 1. The zero-order valence-electron chi connectivity index (χ0n) is 21.2. The first-order valence-electron chi connectivity index (χ1n) is 12.6. The Bertz CT molecular complexity index is 1440. The van der Waals surface area contributed by atoms with E-state index in [9.17, 15) is 14.7 Å². The zero-order valence-corrected chi connectivity index (χ0v) is 21.2. The van der Waals surface area contributed by atoms with Crippen LogP contribution in [0.15, 0.2) is 103 Å². The van der Waals surface area contributed by atoms with E-state index in [1.807, 2.05) is 66.2 Å². The molecule has 7 heteroatoms. The average molecular weight is 508 g/mol. The van der Waals surface area contributed by atoms with Gasteiger partial charge in [-0.2, -0.15) is 0 Å². The minimum absolute atomic E-state index is 0.0947. The highest BCUT2D eigenvalue weighted by Gasteiger charge is 2.45. The number of Topliss-reactive ketones (excluding diaryl/α,β-unsaturated/α-hetero) is 1. The zero-order chi connectivity index (χ0) is 26.5. The van der Waals surface area contributed by atoms with Gasteiger partial charge in [0.25, 0.3) is 11.7 Å². The minimum atomic E-state index is -0.682. The summed E-state index contributed by atoms with van der Waals surface area (Å²) in [6.07, 6.45) is 5.92. The molecule has 0 aliphatic carbocycles. The number of carbonyl (C=O) groups excluding carboxylic acids is 2. The number of ether oxygens (including phenoxy) is 1.